The molecule has 0 spiro atoms. The quantitative estimate of drug-likeness (QED) is 0.589. The van der Waals surface area contributed by atoms with Crippen LogP contribution in [-0.4, -0.2) is 10.2 Å². The third-order valence-corrected chi connectivity index (χ3v) is 3.29. The first-order chi connectivity index (χ1) is 8.09. The van der Waals surface area contributed by atoms with E-state index in [1.165, 1.54) is 12.1 Å². The van der Waals surface area contributed by atoms with E-state index in [0.29, 0.717) is 16.8 Å². The standard InChI is InChI=1S/C13H12BrNO2/c14-11-4-2-1-3-9(11)13(17)10-7-8(16)5-6-12(10)15/h1-7,13,16-17H,15H2. The van der Waals surface area contributed by atoms with Crippen molar-refractivity contribution in [1.29, 1.82) is 0 Å². The fraction of sp³-hybridized carbons (Fsp3) is 0.0769. The highest BCUT2D eigenvalue weighted by atomic mass is 79.9. The molecule has 0 amide bonds. The summed E-state index contributed by atoms with van der Waals surface area (Å²) in [6, 6.07) is 11.9. The van der Waals surface area contributed by atoms with Gasteiger partial charge >= 0.3 is 0 Å². The molecular formula is C13H12BrNO2. The molecule has 0 fully saturated rings. The van der Waals surface area contributed by atoms with E-state index in [1.807, 2.05) is 18.2 Å². The van der Waals surface area contributed by atoms with E-state index in [2.05, 4.69) is 15.9 Å². The number of benzene rings is 2. The molecule has 88 valence electrons. The normalized spacial score (nSPS) is 12.4. The Hall–Kier alpha value is -1.52. The number of aromatic hydroxyl groups is 1. The van der Waals surface area contributed by atoms with E-state index in [1.54, 1.807) is 12.1 Å². The molecule has 2 aromatic rings. The molecule has 0 aromatic heterocycles. The van der Waals surface area contributed by atoms with Crippen molar-refractivity contribution in [2.75, 3.05) is 5.73 Å². The zero-order valence-corrected chi connectivity index (χ0v) is 10.6. The third-order valence-electron chi connectivity index (χ3n) is 2.56. The fourth-order valence-corrected chi connectivity index (χ4v) is 2.16. The van der Waals surface area contributed by atoms with Crippen molar-refractivity contribution < 1.29 is 10.2 Å². The zero-order chi connectivity index (χ0) is 12.4. The van der Waals surface area contributed by atoms with E-state index < -0.39 is 6.10 Å². The van der Waals surface area contributed by atoms with Crippen LogP contribution in [0.25, 0.3) is 0 Å². The van der Waals surface area contributed by atoms with Gasteiger partial charge in [-0.15, -0.1) is 0 Å². The number of aliphatic hydroxyl groups is 1. The first kappa shape index (κ1) is 12.0. The van der Waals surface area contributed by atoms with Crippen LogP contribution in [0, 0.1) is 0 Å². The molecule has 1 unspecified atom stereocenters. The number of phenols is 1. The number of halogens is 1. The highest BCUT2D eigenvalue weighted by Crippen LogP contribution is 2.32. The molecule has 2 aromatic carbocycles. The van der Waals surface area contributed by atoms with Crippen molar-refractivity contribution >= 4 is 21.6 Å². The molecule has 0 bridgehead atoms. The molecule has 17 heavy (non-hydrogen) atoms. The van der Waals surface area contributed by atoms with Crippen molar-refractivity contribution in [3.63, 3.8) is 0 Å². The molecule has 0 aliphatic rings. The molecule has 0 aliphatic heterocycles. The minimum Gasteiger partial charge on any atom is -0.508 e. The monoisotopic (exact) mass is 293 g/mol. The third kappa shape index (κ3) is 2.43. The minimum atomic E-state index is -0.863. The van der Waals surface area contributed by atoms with Gasteiger partial charge in [-0.25, -0.2) is 0 Å². The van der Waals surface area contributed by atoms with Gasteiger partial charge in [0.05, 0.1) is 0 Å². The summed E-state index contributed by atoms with van der Waals surface area (Å²) in [6.07, 6.45) is -0.863. The van der Waals surface area contributed by atoms with Gasteiger partial charge in [0.15, 0.2) is 0 Å². The molecular weight excluding hydrogens is 282 g/mol. The first-order valence-corrected chi connectivity index (χ1v) is 5.90. The Kier molecular flexibility index (Phi) is 3.36. The first-order valence-electron chi connectivity index (χ1n) is 5.10. The topological polar surface area (TPSA) is 66.5 Å². The van der Waals surface area contributed by atoms with Crippen LogP contribution in [0.15, 0.2) is 46.9 Å². The van der Waals surface area contributed by atoms with Crippen LogP contribution in [0.5, 0.6) is 5.75 Å². The smallest absolute Gasteiger partial charge is 0.116 e. The lowest BCUT2D eigenvalue weighted by Crippen LogP contribution is -2.04. The van der Waals surface area contributed by atoms with Crippen molar-refractivity contribution in [3.8, 4) is 5.75 Å². The van der Waals surface area contributed by atoms with Gasteiger partial charge in [0.2, 0.25) is 0 Å². The molecule has 0 saturated heterocycles. The van der Waals surface area contributed by atoms with E-state index in [-0.39, 0.29) is 5.75 Å². The average molecular weight is 294 g/mol. The predicted molar refractivity (Wildman–Crippen MR) is 70.7 cm³/mol. The van der Waals surface area contributed by atoms with Crippen molar-refractivity contribution in [2.45, 2.75) is 6.10 Å². The maximum absolute atomic E-state index is 10.3. The Morgan fingerprint density at radius 3 is 2.47 bits per heavy atom. The second kappa shape index (κ2) is 4.77. The largest absolute Gasteiger partial charge is 0.508 e. The molecule has 0 aliphatic carbocycles. The number of hydrogen-bond donors (Lipinski definition) is 3. The Bertz CT molecular complexity index is 543. The summed E-state index contributed by atoms with van der Waals surface area (Å²) >= 11 is 3.37. The molecule has 2 rings (SSSR count). The summed E-state index contributed by atoms with van der Waals surface area (Å²) in [7, 11) is 0. The Morgan fingerprint density at radius 2 is 1.76 bits per heavy atom. The average Bonchev–Trinajstić information content (AvgIpc) is 2.32. The maximum Gasteiger partial charge on any atom is 0.116 e. The van der Waals surface area contributed by atoms with E-state index in [4.69, 9.17) is 5.73 Å². The molecule has 4 heteroatoms. The Labute approximate surface area is 108 Å². The van der Waals surface area contributed by atoms with Crippen LogP contribution in [0.3, 0.4) is 0 Å². The van der Waals surface area contributed by atoms with Crippen LogP contribution in [0.1, 0.15) is 17.2 Å². The summed E-state index contributed by atoms with van der Waals surface area (Å²) in [6.45, 7) is 0. The van der Waals surface area contributed by atoms with Gasteiger partial charge in [0.1, 0.15) is 11.9 Å². The van der Waals surface area contributed by atoms with Gasteiger partial charge in [-0.05, 0) is 29.8 Å². The van der Waals surface area contributed by atoms with Gasteiger partial charge < -0.3 is 15.9 Å². The SMILES string of the molecule is Nc1ccc(O)cc1C(O)c1ccccc1Br. The number of anilines is 1. The molecule has 0 heterocycles. The second-order valence-electron chi connectivity index (χ2n) is 3.74. The predicted octanol–water partition coefficient (Wildman–Crippen LogP) is 2.82. The molecule has 3 nitrogen and oxygen atoms in total. The summed E-state index contributed by atoms with van der Waals surface area (Å²) in [5.41, 5.74) is 7.45. The molecule has 4 N–H and O–H groups in total. The number of phenolic OH excluding ortho intramolecular Hbond substituents is 1. The summed E-state index contributed by atoms with van der Waals surface area (Å²) in [5.74, 6) is 0.0836. The lowest BCUT2D eigenvalue weighted by molar-refractivity contribution is 0.220. The van der Waals surface area contributed by atoms with E-state index >= 15 is 0 Å². The molecule has 0 saturated carbocycles. The van der Waals surface area contributed by atoms with Crippen molar-refractivity contribution in [3.05, 3.63) is 58.1 Å². The van der Waals surface area contributed by atoms with Crippen LogP contribution < -0.4 is 5.73 Å². The number of hydrogen-bond acceptors (Lipinski definition) is 3. The number of rotatable bonds is 2. The van der Waals surface area contributed by atoms with Gasteiger partial charge in [-0.2, -0.15) is 0 Å². The van der Waals surface area contributed by atoms with Gasteiger partial charge in [0.25, 0.3) is 0 Å². The van der Waals surface area contributed by atoms with E-state index in [0.717, 1.165) is 4.47 Å². The Balaban J connectivity index is 2.47. The zero-order valence-electron chi connectivity index (χ0n) is 8.97. The summed E-state index contributed by atoms with van der Waals surface area (Å²) in [4.78, 5) is 0. The number of nitrogens with two attached hydrogens (primary N) is 1. The summed E-state index contributed by atoms with van der Waals surface area (Å²) in [5, 5.41) is 19.7. The van der Waals surface area contributed by atoms with Crippen molar-refractivity contribution in [1.82, 2.24) is 0 Å². The van der Waals surface area contributed by atoms with Gasteiger partial charge in [-0.1, -0.05) is 34.1 Å². The van der Waals surface area contributed by atoms with Crippen molar-refractivity contribution in [2.24, 2.45) is 0 Å². The lowest BCUT2D eigenvalue weighted by atomic mass is 10.00. The highest BCUT2D eigenvalue weighted by Gasteiger charge is 2.16. The highest BCUT2D eigenvalue weighted by molar-refractivity contribution is 9.10. The van der Waals surface area contributed by atoms with E-state index in [9.17, 15) is 10.2 Å². The Morgan fingerprint density at radius 1 is 1.06 bits per heavy atom. The van der Waals surface area contributed by atoms with Crippen LogP contribution in [0.4, 0.5) is 5.69 Å². The fourth-order valence-electron chi connectivity index (χ4n) is 1.66. The molecule has 1 atom stereocenters. The second-order valence-corrected chi connectivity index (χ2v) is 4.59. The lowest BCUT2D eigenvalue weighted by Gasteiger charge is -2.15. The van der Waals surface area contributed by atoms with Crippen LogP contribution >= 0.6 is 15.9 Å². The van der Waals surface area contributed by atoms with Crippen LogP contribution in [0.2, 0.25) is 0 Å². The minimum absolute atomic E-state index is 0.0836. The maximum atomic E-state index is 10.3. The summed E-state index contributed by atoms with van der Waals surface area (Å²) < 4.78 is 0.801. The van der Waals surface area contributed by atoms with Gasteiger partial charge in [-0.3, -0.25) is 0 Å². The molecule has 0 radical (unpaired) electrons. The van der Waals surface area contributed by atoms with Gasteiger partial charge in [0, 0.05) is 15.7 Å². The number of aliphatic hydroxyl groups excluding tert-OH is 1. The van der Waals surface area contributed by atoms with Crippen LogP contribution in [-0.2, 0) is 0 Å². The number of nitrogen functional groups attached to an aromatic ring is 1.